The molecule has 2 aromatic rings. The van der Waals surface area contributed by atoms with Crippen molar-refractivity contribution in [1.82, 2.24) is 9.97 Å². The van der Waals surface area contributed by atoms with E-state index in [4.69, 9.17) is 11.6 Å². The molecule has 5 heteroatoms. The average molecular weight is 287 g/mol. The van der Waals surface area contributed by atoms with Crippen LogP contribution in [0.3, 0.4) is 0 Å². The second kappa shape index (κ2) is 6.57. The molecule has 0 aliphatic carbocycles. The molecule has 2 heterocycles. The fourth-order valence-electron chi connectivity index (χ4n) is 1.54. The molecular formula is C12H15ClN2S2. The lowest BCUT2D eigenvalue weighted by atomic mass is 10.3. The van der Waals surface area contributed by atoms with Crippen LogP contribution in [0.25, 0.3) is 10.2 Å². The molecule has 0 aliphatic heterocycles. The number of rotatable bonds is 6. The maximum absolute atomic E-state index is 6.11. The average Bonchev–Trinajstić information content (AvgIpc) is 2.77. The minimum absolute atomic E-state index is 0.584. The molecule has 0 saturated heterocycles. The van der Waals surface area contributed by atoms with Crippen molar-refractivity contribution in [3.8, 4) is 0 Å². The maximum atomic E-state index is 6.11. The predicted molar refractivity (Wildman–Crippen MR) is 78.1 cm³/mol. The maximum Gasteiger partial charge on any atom is 0.141 e. The fourth-order valence-corrected chi connectivity index (χ4v) is 3.50. The SMILES string of the molecule is CCCCCSCc1nc(Cl)c2ccsc2n1. The number of hydrogen-bond acceptors (Lipinski definition) is 4. The van der Waals surface area contributed by atoms with Crippen LogP contribution in [-0.2, 0) is 5.75 Å². The smallest absolute Gasteiger partial charge is 0.141 e. The molecular weight excluding hydrogens is 272 g/mol. The summed E-state index contributed by atoms with van der Waals surface area (Å²) in [6.07, 6.45) is 3.85. The van der Waals surface area contributed by atoms with E-state index in [0.717, 1.165) is 21.8 Å². The zero-order chi connectivity index (χ0) is 12.1. The number of nitrogens with zero attached hydrogens (tertiary/aromatic N) is 2. The molecule has 2 rings (SSSR count). The third-order valence-corrected chi connectivity index (χ3v) is 4.58. The molecule has 2 nitrogen and oxygen atoms in total. The van der Waals surface area contributed by atoms with Crippen molar-refractivity contribution in [3.63, 3.8) is 0 Å². The highest BCUT2D eigenvalue weighted by atomic mass is 35.5. The second-order valence-electron chi connectivity index (χ2n) is 3.83. The molecule has 0 amide bonds. The highest BCUT2D eigenvalue weighted by molar-refractivity contribution is 7.98. The number of hydrogen-bond donors (Lipinski definition) is 0. The van der Waals surface area contributed by atoms with Crippen LogP contribution in [0, 0.1) is 0 Å². The van der Waals surface area contributed by atoms with Gasteiger partial charge in [0.15, 0.2) is 0 Å². The summed E-state index contributed by atoms with van der Waals surface area (Å²) >= 11 is 9.62. The van der Waals surface area contributed by atoms with Gasteiger partial charge in [-0.05, 0) is 23.6 Å². The van der Waals surface area contributed by atoms with Gasteiger partial charge in [0.05, 0.1) is 5.75 Å². The predicted octanol–water partition coefficient (Wildman–Crippen LogP) is 4.77. The minimum Gasteiger partial charge on any atom is -0.221 e. The van der Waals surface area contributed by atoms with E-state index in [1.54, 1.807) is 11.3 Å². The van der Waals surface area contributed by atoms with E-state index in [1.807, 2.05) is 23.2 Å². The molecule has 0 N–H and O–H groups in total. The molecule has 0 aliphatic rings. The van der Waals surface area contributed by atoms with E-state index in [2.05, 4.69) is 16.9 Å². The first kappa shape index (κ1) is 13.1. The van der Waals surface area contributed by atoms with Crippen molar-refractivity contribution in [2.24, 2.45) is 0 Å². The van der Waals surface area contributed by atoms with Gasteiger partial charge in [0.25, 0.3) is 0 Å². The lowest BCUT2D eigenvalue weighted by molar-refractivity contribution is 0.778. The highest BCUT2D eigenvalue weighted by Crippen LogP contribution is 2.25. The molecule has 0 bridgehead atoms. The van der Waals surface area contributed by atoms with E-state index in [1.165, 1.54) is 25.0 Å². The van der Waals surface area contributed by atoms with Crippen LogP contribution in [0.5, 0.6) is 0 Å². The molecule has 0 radical (unpaired) electrons. The van der Waals surface area contributed by atoms with Gasteiger partial charge < -0.3 is 0 Å². The second-order valence-corrected chi connectivity index (χ2v) is 6.19. The van der Waals surface area contributed by atoms with Crippen molar-refractivity contribution in [2.45, 2.75) is 31.9 Å². The first-order valence-electron chi connectivity index (χ1n) is 5.78. The van der Waals surface area contributed by atoms with Gasteiger partial charge in [0.1, 0.15) is 15.8 Å². The Morgan fingerprint density at radius 3 is 3.06 bits per heavy atom. The summed E-state index contributed by atoms with van der Waals surface area (Å²) in [7, 11) is 0. The van der Waals surface area contributed by atoms with Crippen molar-refractivity contribution < 1.29 is 0 Å². The van der Waals surface area contributed by atoms with Crippen LogP contribution in [0.4, 0.5) is 0 Å². The Balaban J connectivity index is 1.94. The monoisotopic (exact) mass is 286 g/mol. The van der Waals surface area contributed by atoms with E-state index in [-0.39, 0.29) is 0 Å². The van der Waals surface area contributed by atoms with E-state index in [0.29, 0.717) is 5.15 Å². The molecule has 17 heavy (non-hydrogen) atoms. The largest absolute Gasteiger partial charge is 0.221 e. The summed E-state index contributed by atoms with van der Waals surface area (Å²) in [4.78, 5) is 9.84. The standard InChI is InChI=1S/C12H15ClN2S2/c1-2-3-4-6-16-8-10-14-11(13)9-5-7-17-12(9)15-10/h5,7H,2-4,6,8H2,1H3. The van der Waals surface area contributed by atoms with Crippen LogP contribution >= 0.6 is 34.7 Å². The Labute approximate surface area is 115 Å². The normalized spacial score (nSPS) is 11.2. The quantitative estimate of drug-likeness (QED) is 0.565. The topological polar surface area (TPSA) is 25.8 Å². The lowest BCUT2D eigenvalue weighted by Crippen LogP contribution is -1.93. The van der Waals surface area contributed by atoms with Crippen molar-refractivity contribution in [3.05, 3.63) is 22.4 Å². The van der Waals surface area contributed by atoms with Crippen LogP contribution in [-0.4, -0.2) is 15.7 Å². The molecule has 0 saturated carbocycles. The van der Waals surface area contributed by atoms with Gasteiger partial charge in [-0.25, -0.2) is 9.97 Å². The fraction of sp³-hybridized carbons (Fsp3) is 0.500. The van der Waals surface area contributed by atoms with Crippen LogP contribution < -0.4 is 0 Å². The zero-order valence-corrected chi connectivity index (χ0v) is 12.2. The molecule has 0 atom stereocenters. The molecule has 0 fully saturated rings. The van der Waals surface area contributed by atoms with E-state index < -0.39 is 0 Å². The van der Waals surface area contributed by atoms with E-state index in [9.17, 15) is 0 Å². The Hall–Kier alpha value is -0.320. The summed E-state index contributed by atoms with van der Waals surface area (Å²) in [6.45, 7) is 2.22. The van der Waals surface area contributed by atoms with Gasteiger partial charge in [-0.2, -0.15) is 11.8 Å². The molecule has 0 aromatic carbocycles. The summed E-state index contributed by atoms with van der Waals surface area (Å²) in [5.74, 6) is 2.89. The highest BCUT2D eigenvalue weighted by Gasteiger charge is 2.06. The number of halogens is 1. The number of aromatic nitrogens is 2. The number of thioether (sulfide) groups is 1. The van der Waals surface area contributed by atoms with Crippen LogP contribution in [0.15, 0.2) is 11.4 Å². The van der Waals surface area contributed by atoms with Gasteiger partial charge >= 0.3 is 0 Å². The van der Waals surface area contributed by atoms with Gasteiger partial charge in [0.2, 0.25) is 0 Å². The summed E-state index contributed by atoms with van der Waals surface area (Å²) in [5.41, 5.74) is 0. The Morgan fingerprint density at radius 2 is 2.24 bits per heavy atom. The van der Waals surface area contributed by atoms with Crippen molar-refractivity contribution >= 4 is 44.9 Å². The summed E-state index contributed by atoms with van der Waals surface area (Å²) in [5, 5.41) is 3.56. The van der Waals surface area contributed by atoms with Gasteiger partial charge in [-0.3, -0.25) is 0 Å². The molecule has 2 aromatic heterocycles. The Morgan fingerprint density at radius 1 is 1.35 bits per heavy atom. The van der Waals surface area contributed by atoms with Crippen LogP contribution in [0.1, 0.15) is 32.0 Å². The van der Waals surface area contributed by atoms with Gasteiger partial charge in [-0.15, -0.1) is 11.3 Å². The number of unbranched alkanes of at least 4 members (excludes halogenated alkanes) is 2. The first-order chi connectivity index (χ1) is 8.31. The first-order valence-corrected chi connectivity index (χ1v) is 8.20. The van der Waals surface area contributed by atoms with Crippen LogP contribution in [0.2, 0.25) is 5.15 Å². The number of fused-ring (bicyclic) bond motifs is 1. The molecule has 0 spiro atoms. The van der Waals surface area contributed by atoms with Crippen molar-refractivity contribution in [1.29, 1.82) is 0 Å². The lowest BCUT2D eigenvalue weighted by Gasteiger charge is -2.01. The Kier molecular flexibility index (Phi) is 5.07. The molecule has 92 valence electrons. The third-order valence-electron chi connectivity index (χ3n) is 2.45. The zero-order valence-electron chi connectivity index (χ0n) is 9.78. The van der Waals surface area contributed by atoms with Crippen molar-refractivity contribution in [2.75, 3.05) is 5.75 Å². The minimum atomic E-state index is 0.584. The van der Waals surface area contributed by atoms with E-state index >= 15 is 0 Å². The summed E-state index contributed by atoms with van der Waals surface area (Å²) < 4.78 is 0. The molecule has 0 unspecified atom stereocenters. The third kappa shape index (κ3) is 3.57. The summed E-state index contributed by atoms with van der Waals surface area (Å²) in [6, 6.07) is 1.97. The Bertz CT molecular complexity index is 484. The van der Waals surface area contributed by atoms with Gasteiger partial charge in [0, 0.05) is 5.39 Å². The number of thiophene rings is 1. The van der Waals surface area contributed by atoms with Gasteiger partial charge in [-0.1, -0.05) is 31.4 Å².